The quantitative estimate of drug-likeness (QED) is 0.697. The first-order valence-corrected chi connectivity index (χ1v) is 3.94. The molecule has 0 aromatic carbocycles. The lowest BCUT2D eigenvalue weighted by molar-refractivity contribution is 0.641. The van der Waals surface area contributed by atoms with E-state index in [1.54, 1.807) is 0 Å². The molecule has 0 unspecified atom stereocenters. The van der Waals surface area contributed by atoms with Crippen LogP contribution in [0, 0.1) is 6.92 Å². The minimum Gasteiger partial charge on any atom is -0.311 e. The van der Waals surface area contributed by atoms with Crippen molar-refractivity contribution in [1.82, 2.24) is 15.1 Å². The molecule has 0 aliphatic rings. The number of hydrogen-bond donors (Lipinski definition) is 1. The van der Waals surface area contributed by atoms with Crippen molar-refractivity contribution < 1.29 is 0 Å². The van der Waals surface area contributed by atoms with Gasteiger partial charge in [0.15, 0.2) is 0 Å². The number of aromatic nitrogens is 2. The van der Waals surface area contributed by atoms with E-state index in [2.05, 4.69) is 23.4 Å². The van der Waals surface area contributed by atoms with E-state index in [1.807, 2.05) is 18.7 Å². The predicted molar refractivity (Wildman–Crippen MR) is 45.3 cm³/mol. The second-order valence-electron chi connectivity index (χ2n) is 2.68. The molecule has 1 aromatic rings. The van der Waals surface area contributed by atoms with E-state index in [9.17, 15) is 0 Å². The zero-order chi connectivity index (χ0) is 8.27. The molecule has 0 amide bonds. The van der Waals surface area contributed by atoms with Gasteiger partial charge in [0.2, 0.25) is 0 Å². The zero-order valence-electron chi connectivity index (χ0n) is 7.39. The highest BCUT2D eigenvalue weighted by molar-refractivity contribution is 5.07. The Morgan fingerprint density at radius 1 is 1.64 bits per heavy atom. The first kappa shape index (κ1) is 8.27. The summed E-state index contributed by atoms with van der Waals surface area (Å²) in [5.41, 5.74) is 2.32. The van der Waals surface area contributed by atoms with Crippen molar-refractivity contribution in [3.8, 4) is 0 Å². The van der Waals surface area contributed by atoms with Crippen LogP contribution in [0.4, 0.5) is 0 Å². The molecule has 0 saturated carbocycles. The summed E-state index contributed by atoms with van der Waals surface area (Å²) in [6.45, 7) is 6.02. The molecule has 0 radical (unpaired) electrons. The second-order valence-corrected chi connectivity index (χ2v) is 2.68. The van der Waals surface area contributed by atoms with E-state index >= 15 is 0 Å². The van der Waals surface area contributed by atoms with Crippen molar-refractivity contribution in [3.63, 3.8) is 0 Å². The Balaban J connectivity index is 2.62. The summed E-state index contributed by atoms with van der Waals surface area (Å²) in [7, 11) is 1.97. The third kappa shape index (κ3) is 2.05. The first-order valence-electron chi connectivity index (χ1n) is 3.94. The fourth-order valence-electron chi connectivity index (χ4n) is 1.08. The monoisotopic (exact) mass is 153 g/mol. The van der Waals surface area contributed by atoms with Gasteiger partial charge in [-0.25, -0.2) is 0 Å². The van der Waals surface area contributed by atoms with Gasteiger partial charge < -0.3 is 5.32 Å². The van der Waals surface area contributed by atoms with Gasteiger partial charge in [0.25, 0.3) is 0 Å². The number of hydrogen-bond acceptors (Lipinski definition) is 2. The van der Waals surface area contributed by atoms with Crippen LogP contribution in [-0.4, -0.2) is 16.3 Å². The maximum Gasteiger partial charge on any atom is 0.0597 e. The Bertz CT molecular complexity index is 227. The summed E-state index contributed by atoms with van der Waals surface area (Å²) in [4.78, 5) is 0. The van der Waals surface area contributed by atoms with Crippen LogP contribution >= 0.6 is 0 Å². The van der Waals surface area contributed by atoms with E-state index in [0.29, 0.717) is 0 Å². The molecule has 1 rings (SSSR count). The molecule has 1 N–H and O–H groups in total. The summed E-state index contributed by atoms with van der Waals surface area (Å²) in [5, 5.41) is 7.50. The molecule has 0 spiro atoms. The Morgan fingerprint density at radius 3 is 2.82 bits per heavy atom. The largest absolute Gasteiger partial charge is 0.311 e. The maximum absolute atomic E-state index is 4.24. The SMILES string of the molecule is CCNCc1cc(C)nn1C. The van der Waals surface area contributed by atoms with Crippen LogP contribution in [-0.2, 0) is 13.6 Å². The minimum absolute atomic E-state index is 0.911. The smallest absolute Gasteiger partial charge is 0.0597 e. The second kappa shape index (κ2) is 3.53. The van der Waals surface area contributed by atoms with Gasteiger partial charge in [-0.05, 0) is 19.5 Å². The predicted octanol–water partition coefficient (Wildman–Crippen LogP) is 0.838. The lowest BCUT2D eigenvalue weighted by Gasteiger charge is -2.00. The van der Waals surface area contributed by atoms with Crippen LogP contribution < -0.4 is 5.32 Å². The van der Waals surface area contributed by atoms with Gasteiger partial charge in [-0.1, -0.05) is 6.92 Å². The van der Waals surface area contributed by atoms with Gasteiger partial charge >= 0.3 is 0 Å². The topological polar surface area (TPSA) is 29.9 Å². The van der Waals surface area contributed by atoms with Crippen LogP contribution in [0.2, 0.25) is 0 Å². The molecule has 0 aliphatic carbocycles. The lowest BCUT2D eigenvalue weighted by atomic mass is 10.3. The van der Waals surface area contributed by atoms with Crippen molar-refractivity contribution in [2.75, 3.05) is 6.54 Å². The third-order valence-electron chi connectivity index (χ3n) is 1.66. The molecule has 0 bridgehead atoms. The molecule has 0 fully saturated rings. The highest BCUT2D eigenvalue weighted by atomic mass is 15.3. The molecule has 0 aliphatic heterocycles. The van der Waals surface area contributed by atoms with Gasteiger partial charge in [0.05, 0.1) is 11.4 Å². The summed E-state index contributed by atoms with van der Waals surface area (Å²) in [6.07, 6.45) is 0. The molecule has 62 valence electrons. The normalized spacial score (nSPS) is 10.5. The zero-order valence-corrected chi connectivity index (χ0v) is 7.39. The van der Waals surface area contributed by atoms with Gasteiger partial charge in [0.1, 0.15) is 0 Å². The fraction of sp³-hybridized carbons (Fsp3) is 0.625. The standard InChI is InChI=1S/C8H15N3/c1-4-9-6-8-5-7(2)10-11(8)3/h5,9H,4,6H2,1-3H3. The van der Waals surface area contributed by atoms with Crippen LogP contribution in [0.3, 0.4) is 0 Å². The first-order chi connectivity index (χ1) is 5.24. The lowest BCUT2D eigenvalue weighted by Crippen LogP contribution is -2.14. The van der Waals surface area contributed by atoms with Crippen LogP contribution in [0.1, 0.15) is 18.3 Å². The van der Waals surface area contributed by atoms with Gasteiger partial charge in [-0.2, -0.15) is 5.10 Å². The van der Waals surface area contributed by atoms with E-state index in [4.69, 9.17) is 0 Å². The Hall–Kier alpha value is -0.830. The fourth-order valence-corrected chi connectivity index (χ4v) is 1.08. The van der Waals surface area contributed by atoms with Crippen LogP contribution in [0.5, 0.6) is 0 Å². The Kier molecular flexibility index (Phi) is 2.65. The van der Waals surface area contributed by atoms with Crippen molar-refractivity contribution in [3.05, 3.63) is 17.5 Å². The van der Waals surface area contributed by atoms with E-state index in [-0.39, 0.29) is 0 Å². The minimum atomic E-state index is 0.911. The average Bonchev–Trinajstić information content (AvgIpc) is 2.26. The molecule has 3 heteroatoms. The van der Waals surface area contributed by atoms with Crippen molar-refractivity contribution >= 4 is 0 Å². The molecule has 0 atom stereocenters. The summed E-state index contributed by atoms with van der Waals surface area (Å²) in [5.74, 6) is 0. The summed E-state index contributed by atoms with van der Waals surface area (Å²) >= 11 is 0. The average molecular weight is 153 g/mol. The Labute approximate surface area is 67.4 Å². The molecule has 11 heavy (non-hydrogen) atoms. The van der Waals surface area contributed by atoms with Gasteiger partial charge in [0, 0.05) is 13.6 Å². The van der Waals surface area contributed by atoms with Crippen molar-refractivity contribution in [1.29, 1.82) is 0 Å². The number of rotatable bonds is 3. The molecule has 0 saturated heterocycles. The molecule has 1 heterocycles. The van der Waals surface area contributed by atoms with E-state index < -0.39 is 0 Å². The summed E-state index contributed by atoms with van der Waals surface area (Å²) in [6, 6.07) is 2.10. The number of aryl methyl sites for hydroxylation is 2. The highest BCUT2D eigenvalue weighted by Gasteiger charge is 1.98. The van der Waals surface area contributed by atoms with Gasteiger partial charge in [-0.15, -0.1) is 0 Å². The maximum atomic E-state index is 4.24. The molecule has 3 nitrogen and oxygen atoms in total. The van der Waals surface area contributed by atoms with Crippen molar-refractivity contribution in [2.45, 2.75) is 20.4 Å². The molecular formula is C8H15N3. The Morgan fingerprint density at radius 2 is 2.36 bits per heavy atom. The summed E-state index contributed by atoms with van der Waals surface area (Å²) < 4.78 is 1.91. The van der Waals surface area contributed by atoms with E-state index in [0.717, 1.165) is 18.8 Å². The number of nitrogens with zero attached hydrogens (tertiary/aromatic N) is 2. The highest BCUT2D eigenvalue weighted by Crippen LogP contribution is 2.00. The number of nitrogens with one attached hydrogen (secondary N) is 1. The van der Waals surface area contributed by atoms with Gasteiger partial charge in [-0.3, -0.25) is 4.68 Å². The molecular weight excluding hydrogens is 138 g/mol. The van der Waals surface area contributed by atoms with Crippen LogP contribution in [0.15, 0.2) is 6.07 Å². The van der Waals surface area contributed by atoms with Crippen molar-refractivity contribution in [2.24, 2.45) is 7.05 Å². The van der Waals surface area contributed by atoms with Crippen LogP contribution in [0.25, 0.3) is 0 Å². The van der Waals surface area contributed by atoms with E-state index in [1.165, 1.54) is 5.69 Å². The third-order valence-corrected chi connectivity index (χ3v) is 1.66. The molecule has 1 aromatic heterocycles.